The highest BCUT2D eigenvalue weighted by Crippen LogP contribution is 2.18. The Bertz CT molecular complexity index is 996. The minimum absolute atomic E-state index is 0.678. The minimum atomic E-state index is -3.91. The van der Waals surface area contributed by atoms with Gasteiger partial charge in [0.25, 0.3) is 0 Å². The Balaban J connectivity index is 0.000000516. The molecule has 0 spiro atoms. The molecule has 0 saturated heterocycles. The maximum Gasteiger partial charge on any atom is 0.335 e. The van der Waals surface area contributed by atoms with Gasteiger partial charge in [0.1, 0.15) is 0 Å². The predicted octanol–water partition coefficient (Wildman–Crippen LogP) is 3.17. The van der Waals surface area contributed by atoms with Gasteiger partial charge in [-0.25, -0.2) is 0 Å². The highest BCUT2D eigenvalue weighted by molar-refractivity contribution is 7.83. The summed E-state index contributed by atoms with van der Waals surface area (Å²) in [4.78, 5) is 0. The van der Waals surface area contributed by atoms with Crippen LogP contribution in [0.25, 0.3) is 11.6 Å². The van der Waals surface area contributed by atoms with Gasteiger partial charge in [0.05, 0.1) is 31.1 Å². The van der Waals surface area contributed by atoms with Gasteiger partial charge in [0.2, 0.25) is 0 Å². The zero-order valence-electron chi connectivity index (χ0n) is 18.1. The lowest BCUT2D eigenvalue weighted by Gasteiger charge is -2.16. The highest BCUT2D eigenvalue weighted by atomic mass is 32.2. The lowest BCUT2D eigenvalue weighted by Crippen LogP contribution is -2.37. The van der Waals surface area contributed by atoms with Crippen LogP contribution in [0.1, 0.15) is 23.9 Å². The minimum Gasteiger partial charge on any atom is -0.273 e. The van der Waals surface area contributed by atoms with Crippen LogP contribution >= 0.6 is 0 Å². The number of nitriles is 1. The van der Waals surface area contributed by atoms with E-state index in [1.54, 1.807) is 0 Å². The lowest BCUT2D eigenvalue weighted by molar-refractivity contribution is 0.416. The van der Waals surface area contributed by atoms with Crippen molar-refractivity contribution in [2.24, 2.45) is 0 Å². The van der Waals surface area contributed by atoms with Crippen LogP contribution in [0.15, 0.2) is 30.3 Å². The zero-order chi connectivity index (χ0) is 22.4. The number of hydrogen-bond acceptors (Lipinski definition) is 4. The first-order valence-electron chi connectivity index (χ1n) is 9.21. The molecule has 0 fully saturated rings. The molecule has 9 heteroatoms. The van der Waals surface area contributed by atoms with Gasteiger partial charge < -0.3 is 0 Å². The van der Waals surface area contributed by atoms with Gasteiger partial charge in [-0.2, -0.15) is 23.1 Å². The van der Waals surface area contributed by atoms with E-state index in [-0.39, 0.29) is 0 Å². The van der Waals surface area contributed by atoms with Gasteiger partial charge in [-0.15, -0.1) is 0 Å². The summed E-state index contributed by atoms with van der Waals surface area (Å²) in [5.74, 6) is 0. The molecule has 0 aliphatic carbocycles. The fourth-order valence-corrected chi connectivity index (χ4v) is 3.58. The number of aromatic nitrogens is 2. The first-order valence-corrected chi connectivity index (χ1v) is 14.1. The van der Waals surface area contributed by atoms with Crippen molar-refractivity contribution >= 4 is 35.2 Å². The molecule has 2 rings (SSSR count). The molecule has 0 aliphatic heterocycles. The summed E-state index contributed by atoms with van der Waals surface area (Å²) in [6.45, 7) is 11.8. The van der Waals surface area contributed by atoms with Gasteiger partial charge >= 0.3 is 10.3 Å². The standard InChI is InChI=1S/C18H23N3Si.C2H7NO3S/c1-6-21-17(11-14(2)20-21)12-16(13-19)15-7-9-18(10-8-15)22(3,4)5;1-3(2)7(4,5)6/h7-12H,6H2,1-5H3;1-2H3,(H,4,5,6)/b16-12+;. The number of aryl methyl sites for hydroxylation is 2. The molecular weight excluding hydrogens is 404 g/mol. The summed E-state index contributed by atoms with van der Waals surface area (Å²) < 4.78 is 30.3. The summed E-state index contributed by atoms with van der Waals surface area (Å²) in [7, 11) is -2.72. The van der Waals surface area contributed by atoms with Crippen molar-refractivity contribution in [3.8, 4) is 6.07 Å². The Labute approximate surface area is 175 Å². The zero-order valence-corrected chi connectivity index (χ0v) is 19.9. The second-order valence-corrected chi connectivity index (χ2v) is 14.5. The molecule has 0 saturated carbocycles. The SMILES string of the molecule is CCn1nc(C)cc1/C=C(\C#N)c1ccc([Si](C)(C)C)cc1.CN(C)S(=O)(=O)O. The molecule has 7 nitrogen and oxygen atoms in total. The van der Waals surface area contributed by atoms with E-state index in [4.69, 9.17) is 4.55 Å². The molecule has 1 N–H and O–H groups in total. The number of benzene rings is 1. The molecule has 158 valence electrons. The van der Waals surface area contributed by atoms with E-state index in [1.165, 1.54) is 19.3 Å². The first kappa shape index (κ1) is 24.8. The monoisotopic (exact) mass is 434 g/mol. The van der Waals surface area contributed by atoms with E-state index < -0.39 is 18.4 Å². The Morgan fingerprint density at radius 3 is 2.17 bits per heavy atom. The molecule has 0 unspecified atom stereocenters. The van der Waals surface area contributed by atoms with Crippen LogP contribution < -0.4 is 5.19 Å². The molecule has 0 bridgehead atoms. The molecule has 29 heavy (non-hydrogen) atoms. The molecule has 0 radical (unpaired) electrons. The highest BCUT2D eigenvalue weighted by Gasteiger charge is 2.16. The number of hydrogen-bond donors (Lipinski definition) is 1. The van der Waals surface area contributed by atoms with Crippen molar-refractivity contribution in [2.45, 2.75) is 40.0 Å². The van der Waals surface area contributed by atoms with Gasteiger partial charge in [0.15, 0.2) is 0 Å². The molecule has 0 atom stereocenters. The average molecular weight is 435 g/mol. The van der Waals surface area contributed by atoms with Crippen molar-refractivity contribution < 1.29 is 13.0 Å². The third-order valence-corrected chi connectivity index (χ3v) is 7.16. The molecule has 2 aromatic rings. The topological polar surface area (TPSA) is 99.2 Å². The van der Waals surface area contributed by atoms with Crippen LogP contribution in [-0.4, -0.2) is 49.2 Å². The van der Waals surface area contributed by atoms with E-state index in [0.29, 0.717) is 9.88 Å². The second-order valence-electron chi connectivity index (χ2n) is 7.78. The fourth-order valence-electron chi connectivity index (χ4n) is 2.41. The molecular formula is C20H30N4O3SSi. The van der Waals surface area contributed by atoms with Crippen LogP contribution in [0.3, 0.4) is 0 Å². The molecule has 0 amide bonds. The molecule has 0 aliphatic rings. The van der Waals surface area contributed by atoms with Gasteiger partial charge in [-0.3, -0.25) is 9.23 Å². The Kier molecular flexibility index (Phi) is 8.53. The number of nitrogens with zero attached hydrogens (tertiary/aromatic N) is 4. The molecule has 1 aromatic carbocycles. The normalized spacial score (nSPS) is 12.3. The third-order valence-electron chi connectivity index (χ3n) is 4.17. The van der Waals surface area contributed by atoms with Crippen LogP contribution in [0.2, 0.25) is 19.6 Å². The fraction of sp³-hybridized carbons (Fsp3) is 0.400. The van der Waals surface area contributed by atoms with Crippen molar-refractivity contribution in [2.75, 3.05) is 14.1 Å². The van der Waals surface area contributed by atoms with Crippen molar-refractivity contribution in [1.82, 2.24) is 14.1 Å². The van der Waals surface area contributed by atoms with Gasteiger partial charge in [-0.05, 0) is 31.6 Å². The maximum atomic E-state index is 9.81. The van der Waals surface area contributed by atoms with Crippen LogP contribution in [0.5, 0.6) is 0 Å². The van der Waals surface area contributed by atoms with Crippen LogP contribution in [0.4, 0.5) is 0 Å². The third kappa shape index (κ3) is 7.59. The van der Waals surface area contributed by atoms with Gasteiger partial charge in [0, 0.05) is 20.6 Å². The Morgan fingerprint density at radius 2 is 1.79 bits per heavy atom. The smallest absolute Gasteiger partial charge is 0.273 e. The van der Waals surface area contributed by atoms with E-state index in [0.717, 1.165) is 23.5 Å². The van der Waals surface area contributed by atoms with Crippen LogP contribution in [0, 0.1) is 18.3 Å². The van der Waals surface area contributed by atoms with E-state index >= 15 is 0 Å². The first-order chi connectivity index (χ1) is 13.3. The summed E-state index contributed by atoms with van der Waals surface area (Å²) in [6, 6.07) is 12.8. The van der Waals surface area contributed by atoms with E-state index in [2.05, 4.69) is 62.0 Å². The van der Waals surface area contributed by atoms with Crippen molar-refractivity contribution in [3.05, 3.63) is 47.3 Å². The Morgan fingerprint density at radius 1 is 1.28 bits per heavy atom. The summed E-state index contributed by atoms with van der Waals surface area (Å²) in [5, 5.41) is 15.3. The average Bonchev–Trinajstić information content (AvgIpc) is 2.98. The number of rotatable bonds is 5. The Hall–Kier alpha value is -2.25. The largest absolute Gasteiger partial charge is 0.335 e. The molecule has 1 aromatic heterocycles. The van der Waals surface area contributed by atoms with Gasteiger partial charge in [-0.1, -0.05) is 49.1 Å². The quantitative estimate of drug-likeness (QED) is 0.443. The van der Waals surface area contributed by atoms with Crippen LogP contribution in [-0.2, 0) is 16.8 Å². The van der Waals surface area contributed by atoms with Crippen molar-refractivity contribution in [3.63, 3.8) is 0 Å². The molecule has 1 heterocycles. The van der Waals surface area contributed by atoms with E-state index in [1.807, 2.05) is 23.7 Å². The lowest BCUT2D eigenvalue weighted by atomic mass is 10.1. The second kappa shape index (κ2) is 9.98. The summed E-state index contributed by atoms with van der Waals surface area (Å²) in [5.41, 5.74) is 3.59. The van der Waals surface area contributed by atoms with Crippen molar-refractivity contribution in [1.29, 1.82) is 5.26 Å². The number of allylic oxidation sites excluding steroid dienone is 1. The predicted molar refractivity (Wildman–Crippen MR) is 121 cm³/mol. The summed E-state index contributed by atoms with van der Waals surface area (Å²) in [6.07, 6.45) is 1.92. The maximum absolute atomic E-state index is 9.81. The summed E-state index contributed by atoms with van der Waals surface area (Å²) >= 11 is 0. The van der Waals surface area contributed by atoms with E-state index in [9.17, 15) is 13.7 Å².